The molecular formula is C19H18FN3O2S. The number of carbonyl (C=O) groups is 1. The fourth-order valence-electron chi connectivity index (χ4n) is 3.32. The van der Waals surface area contributed by atoms with Crippen LogP contribution in [0, 0.1) is 5.82 Å². The van der Waals surface area contributed by atoms with Crippen LogP contribution in [0.1, 0.15) is 36.8 Å². The first-order valence-corrected chi connectivity index (χ1v) is 9.55. The van der Waals surface area contributed by atoms with Gasteiger partial charge in [0.2, 0.25) is 17.6 Å². The lowest BCUT2D eigenvalue weighted by Crippen LogP contribution is -2.30. The maximum Gasteiger partial charge on any atom is 0.227 e. The summed E-state index contributed by atoms with van der Waals surface area (Å²) >= 11 is 1.57. The normalized spacial score (nSPS) is 17.0. The zero-order valence-corrected chi connectivity index (χ0v) is 14.9. The second-order valence-electron chi connectivity index (χ2n) is 6.32. The molecule has 1 unspecified atom stereocenters. The van der Waals surface area contributed by atoms with Gasteiger partial charge >= 0.3 is 0 Å². The van der Waals surface area contributed by atoms with Gasteiger partial charge in [0.05, 0.1) is 6.04 Å². The lowest BCUT2D eigenvalue weighted by atomic mass is 10.0. The first kappa shape index (κ1) is 16.9. The van der Waals surface area contributed by atoms with E-state index in [0.29, 0.717) is 24.6 Å². The first-order chi connectivity index (χ1) is 12.7. The highest BCUT2D eigenvalue weighted by Crippen LogP contribution is 2.32. The lowest BCUT2D eigenvalue weighted by Gasteiger charge is -2.25. The Morgan fingerprint density at radius 1 is 1.31 bits per heavy atom. The molecule has 134 valence electrons. The van der Waals surface area contributed by atoms with Gasteiger partial charge in [-0.05, 0) is 42.0 Å². The zero-order valence-electron chi connectivity index (χ0n) is 14.1. The summed E-state index contributed by atoms with van der Waals surface area (Å²) in [5, 5.41) is 7.88. The Balaban J connectivity index is 1.39. The van der Waals surface area contributed by atoms with Crippen LogP contribution in [-0.4, -0.2) is 27.5 Å². The van der Waals surface area contributed by atoms with Crippen molar-refractivity contribution in [1.82, 2.24) is 15.0 Å². The summed E-state index contributed by atoms with van der Waals surface area (Å²) in [6.07, 6.45) is 2.60. The molecule has 7 heteroatoms. The standard InChI is InChI=1S/C19H18FN3O2S/c20-15-5-3-13(4-6-15)16-2-1-10-23(16)18(24)8-7-17-21-19(22-25-17)14-9-11-26-12-14/h3-6,9,11-12,16H,1-2,7-8,10H2. The van der Waals surface area contributed by atoms with E-state index in [1.807, 2.05) is 21.7 Å². The largest absolute Gasteiger partial charge is 0.339 e. The molecule has 0 bridgehead atoms. The van der Waals surface area contributed by atoms with Gasteiger partial charge in [-0.3, -0.25) is 4.79 Å². The van der Waals surface area contributed by atoms with Crippen LogP contribution in [-0.2, 0) is 11.2 Å². The van der Waals surface area contributed by atoms with E-state index < -0.39 is 0 Å². The van der Waals surface area contributed by atoms with Crippen molar-refractivity contribution in [3.8, 4) is 11.4 Å². The van der Waals surface area contributed by atoms with Crippen molar-refractivity contribution in [2.75, 3.05) is 6.54 Å². The number of carbonyl (C=O) groups excluding carboxylic acids is 1. The molecule has 0 N–H and O–H groups in total. The van der Waals surface area contributed by atoms with E-state index in [-0.39, 0.29) is 17.8 Å². The molecule has 4 rings (SSSR count). The maximum absolute atomic E-state index is 13.1. The predicted octanol–water partition coefficient (Wildman–Crippen LogP) is 4.23. The van der Waals surface area contributed by atoms with Gasteiger partial charge in [-0.25, -0.2) is 4.39 Å². The van der Waals surface area contributed by atoms with Gasteiger partial charge in [-0.15, -0.1) is 0 Å². The first-order valence-electron chi connectivity index (χ1n) is 8.61. The SMILES string of the molecule is O=C(CCc1nc(-c2ccsc2)no1)N1CCCC1c1ccc(F)cc1. The molecular weight excluding hydrogens is 353 g/mol. The molecule has 1 amide bonds. The average molecular weight is 371 g/mol. The van der Waals surface area contributed by atoms with Gasteiger partial charge in [-0.1, -0.05) is 17.3 Å². The van der Waals surface area contributed by atoms with Gasteiger partial charge in [0.15, 0.2) is 0 Å². The van der Waals surface area contributed by atoms with E-state index in [1.165, 1.54) is 12.1 Å². The van der Waals surface area contributed by atoms with E-state index in [4.69, 9.17) is 4.52 Å². The topological polar surface area (TPSA) is 59.2 Å². The van der Waals surface area contributed by atoms with Gasteiger partial charge < -0.3 is 9.42 Å². The lowest BCUT2D eigenvalue weighted by molar-refractivity contribution is -0.132. The fraction of sp³-hybridized carbons (Fsp3) is 0.316. The number of thiophene rings is 1. The second-order valence-corrected chi connectivity index (χ2v) is 7.10. The predicted molar refractivity (Wildman–Crippen MR) is 96.0 cm³/mol. The van der Waals surface area contributed by atoms with Gasteiger partial charge in [-0.2, -0.15) is 16.3 Å². The Labute approximate surface area is 154 Å². The molecule has 0 spiro atoms. The summed E-state index contributed by atoms with van der Waals surface area (Å²) in [5.74, 6) is 0.825. The van der Waals surface area contributed by atoms with Gasteiger partial charge in [0.25, 0.3) is 0 Å². The van der Waals surface area contributed by atoms with Crippen LogP contribution < -0.4 is 0 Å². The summed E-state index contributed by atoms with van der Waals surface area (Å²) in [5.41, 5.74) is 1.90. The molecule has 0 radical (unpaired) electrons. The van der Waals surface area contributed by atoms with E-state index in [1.54, 1.807) is 23.5 Å². The molecule has 1 atom stereocenters. The molecule has 0 saturated carbocycles. The summed E-state index contributed by atoms with van der Waals surface area (Å²) in [4.78, 5) is 18.9. The van der Waals surface area contributed by atoms with Gasteiger partial charge in [0, 0.05) is 30.3 Å². The molecule has 1 aromatic carbocycles. The molecule has 1 aliphatic rings. The number of nitrogens with zero attached hydrogens (tertiary/aromatic N) is 3. The Kier molecular flexibility index (Phi) is 4.79. The smallest absolute Gasteiger partial charge is 0.227 e. The van der Waals surface area contributed by atoms with E-state index in [2.05, 4.69) is 10.1 Å². The Bertz CT molecular complexity index is 877. The third-order valence-corrected chi connectivity index (χ3v) is 5.31. The van der Waals surface area contributed by atoms with E-state index in [9.17, 15) is 9.18 Å². The van der Waals surface area contributed by atoms with Crippen molar-refractivity contribution in [2.45, 2.75) is 31.7 Å². The third-order valence-electron chi connectivity index (χ3n) is 4.63. The summed E-state index contributed by atoms with van der Waals surface area (Å²) in [6, 6.07) is 8.36. The quantitative estimate of drug-likeness (QED) is 0.673. The number of amides is 1. The van der Waals surface area contributed by atoms with Crippen molar-refractivity contribution in [1.29, 1.82) is 0 Å². The van der Waals surface area contributed by atoms with Crippen molar-refractivity contribution in [3.63, 3.8) is 0 Å². The number of halogens is 1. The fourth-order valence-corrected chi connectivity index (χ4v) is 3.95. The molecule has 3 heterocycles. The highest BCUT2D eigenvalue weighted by atomic mass is 32.1. The summed E-state index contributed by atoms with van der Waals surface area (Å²) in [7, 11) is 0. The second kappa shape index (κ2) is 7.37. The summed E-state index contributed by atoms with van der Waals surface area (Å²) in [6.45, 7) is 0.727. The molecule has 0 aliphatic carbocycles. The van der Waals surface area contributed by atoms with Gasteiger partial charge in [0.1, 0.15) is 5.82 Å². The minimum Gasteiger partial charge on any atom is -0.339 e. The maximum atomic E-state index is 13.1. The van der Waals surface area contributed by atoms with Crippen LogP contribution in [0.4, 0.5) is 4.39 Å². The van der Waals surface area contributed by atoms with Crippen LogP contribution in [0.15, 0.2) is 45.6 Å². The zero-order chi connectivity index (χ0) is 17.9. The third kappa shape index (κ3) is 3.53. The number of aromatic nitrogens is 2. The van der Waals surface area contributed by atoms with Crippen LogP contribution >= 0.6 is 11.3 Å². The van der Waals surface area contributed by atoms with Crippen molar-refractivity contribution in [2.24, 2.45) is 0 Å². The van der Waals surface area contributed by atoms with Crippen molar-refractivity contribution in [3.05, 3.63) is 58.4 Å². The van der Waals surface area contributed by atoms with Crippen molar-refractivity contribution >= 4 is 17.2 Å². The number of benzene rings is 1. The monoisotopic (exact) mass is 371 g/mol. The number of hydrogen-bond donors (Lipinski definition) is 0. The number of likely N-dealkylation sites (tertiary alicyclic amines) is 1. The average Bonchev–Trinajstić information content (AvgIpc) is 3.40. The van der Waals surface area contributed by atoms with Crippen LogP contribution in [0.25, 0.3) is 11.4 Å². The molecule has 26 heavy (non-hydrogen) atoms. The number of rotatable bonds is 5. The minimum absolute atomic E-state index is 0.0205. The molecule has 1 fully saturated rings. The van der Waals surface area contributed by atoms with Crippen LogP contribution in [0.3, 0.4) is 0 Å². The van der Waals surface area contributed by atoms with Crippen molar-refractivity contribution < 1.29 is 13.7 Å². The Hall–Kier alpha value is -2.54. The van der Waals surface area contributed by atoms with Crippen LogP contribution in [0.5, 0.6) is 0 Å². The molecule has 1 aliphatic heterocycles. The number of hydrogen-bond acceptors (Lipinski definition) is 5. The van der Waals surface area contributed by atoms with E-state index >= 15 is 0 Å². The molecule has 3 aromatic rings. The van der Waals surface area contributed by atoms with Crippen LogP contribution in [0.2, 0.25) is 0 Å². The number of aryl methyl sites for hydroxylation is 1. The Morgan fingerprint density at radius 3 is 2.92 bits per heavy atom. The molecule has 1 saturated heterocycles. The highest BCUT2D eigenvalue weighted by molar-refractivity contribution is 7.08. The molecule has 5 nitrogen and oxygen atoms in total. The Morgan fingerprint density at radius 2 is 2.15 bits per heavy atom. The highest BCUT2D eigenvalue weighted by Gasteiger charge is 2.29. The summed E-state index contributed by atoms with van der Waals surface area (Å²) < 4.78 is 18.4. The van der Waals surface area contributed by atoms with E-state index in [0.717, 1.165) is 30.5 Å². The molecule has 2 aromatic heterocycles. The minimum atomic E-state index is -0.262.